The van der Waals surface area contributed by atoms with Crippen molar-refractivity contribution in [2.75, 3.05) is 7.11 Å². The van der Waals surface area contributed by atoms with Crippen LogP contribution in [0.25, 0.3) is 6.08 Å². The van der Waals surface area contributed by atoms with E-state index in [0.29, 0.717) is 27.0 Å². The van der Waals surface area contributed by atoms with Crippen molar-refractivity contribution in [3.05, 3.63) is 102 Å². The summed E-state index contributed by atoms with van der Waals surface area (Å²) in [7, 11) is 1.35. The van der Waals surface area contributed by atoms with Gasteiger partial charge in [-0.15, -0.1) is 0 Å². The Morgan fingerprint density at radius 3 is 2.63 bits per heavy atom. The Labute approximate surface area is 178 Å². The summed E-state index contributed by atoms with van der Waals surface area (Å²) >= 11 is 1.34. The van der Waals surface area contributed by atoms with E-state index in [1.807, 2.05) is 74.5 Å². The Morgan fingerprint density at radius 1 is 1.20 bits per heavy atom. The SMILES string of the molecule is CCC1=C(C(=O)OC)[C@H](c2ccccc2)n2c(s/c(=C\c3cccc(C)c3)c2=O)=N1. The number of carbonyl (C=O) groups excluding carboxylic acids is 1. The molecule has 0 radical (unpaired) electrons. The molecule has 5 nitrogen and oxygen atoms in total. The largest absolute Gasteiger partial charge is 0.466 e. The van der Waals surface area contributed by atoms with Crippen molar-refractivity contribution in [2.24, 2.45) is 4.99 Å². The molecule has 1 aliphatic heterocycles. The first-order valence-corrected chi connectivity index (χ1v) is 10.6. The van der Waals surface area contributed by atoms with Crippen molar-refractivity contribution in [1.29, 1.82) is 0 Å². The van der Waals surface area contributed by atoms with Gasteiger partial charge in [-0.05, 0) is 30.5 Å². The zero-order valence-electron chi connectivity index (χ0n) is 17.1. The van der Waals surface area contributed by atoms with Crippen LogP contribution in [0.15, 0.2) is 75.7 Å². The van der Waals surface area contributed by atoms with E-state index in [9.17, 15) is 9.59 Å². The molecule has 1 aromatic heterocycles. The number of carbonyl (C=O) groups is 1. The minimum atomic E-state index is -0.565. The number of nitrogens with zero attached hydrogens (tertiary/aromatic N) is 2. The van der Waals surface area contributed by atoms with Gasteiger partial charge in [0.15, 0.2) is 4.80 Å². The van der Waals surface area contributed by atoms with Crippen LogP contribution in [0.2, 0.25) is 0 Å². The van der Waals surface area contributed by atoms with Crippen LogP contribution in [0, 0.1) is 6.92 Å². The third-order valence-electron chi connectivity index (χ3n) is 5.11. The fourth-order valence-electron chi connectivity index (χ4n) is 3.73. The summed E-state index contributed by atoms with van der Waals surface area (Å²) in [5.74, 6) is -0.461. The summed E-state index contributed by atoms with van der Waals surface area (Å²) < 4.78 is 7.27. The Hall–Kier alpha value is -3.25. The average Bonchev–Trinajstić information content (AvgIpc) is 3.07. The van der Waals surface area contributed by atoms with Gasteiger partial charge in [-0.1, -0.05) is 78.4 Å². The van der Waals surface area contributed by atoms with E-state index in [2.05, 4.69) is 4.99 Å². The fraction of sp³-hybridized carbons (Fsp3) is 0.208. The van der Waals surface area contributed by atoms with Crippen LogP contribution >= 0.6 is 11.3 Å². The number of fused-ring (bicyclic) bond motifs is 1. The monoisotopic (exact) mass is 418 g/mol. The summed E-state index contributed by atoms with van der Waals surface area (Å²) in [6.45, 7) is 3.97. The first-order chi connectivity index (χ1) is 14.5. The molecule has 0 bridgehead atoms. The molecule has 2 heterocycles. The van der Waals surface area contributed by atoms with E-state index in [4.69, 9.17) is 4.74 Å². The highest BCUT2D eigenvalue weighted by atomic mass is 32.1. The van der Waals surface area contributed by atoms with Crippen LogP contribution < -0.4 is 14.9 Å². The maximum absolute atomic E-state index is 13.4. The lowest BCUT2D eigenvalue weighted by atomic mass is 9.95. The van der Waals surface area contributed by atoms with Crippen molar-refractivity contribution in [3.8, 4) is 0 Å². The van der Waals surface area contributed by atoms with Gasteiger partial charge in [-0.3, -0.25) is 9.36 Å². The van der Waals surface area contributed by atoms with Gasteiger partial charge in [0.25, 0.3) is 5.56 Å². The number of aromatic nitrogens is 1. The zero-order valence-corrected chi connectivity index (χ0v) is 17.9. The van der Waals surface area contributed by atoms with Gasteiger partial charge in [0, 0.05) is 0 Å². The highest BCUT2D eigenvalue weighted by molar-refractivity contribution is 7.07. The Bertz CT molecular complexity index is 1320. The molecule has 0 saturated heterocycles. The number of thiazole rings is 1. The van der Waals surface area contributed by atoms with Crippen LogP contribution in [-0.2, 0) is 9.53 Å². The molecule has 0 fully saturated rings. The lowest BCUT2D eigenvalue weighted by Gasteiger charge is -2.25. The second kappa shape index (κ2) is 8.24. The van der Waals surface area contributed by atoms with Crippen molar-refractivity contribution < 1.29 is 9.53 Å². The van der Waals surface area contributed by atoms with Gasteiger partial charge < -0.3 is 4.74 Å². The molecular weight excluding hydrogens is 396 g/mol. The van der Waals surface area contributed by atoms with E-state index in [1.165, 1.54) is 18.4 Å². The predicted molar refractivity (Wildman–Crippen MR) is 118 cm³/mol. The van der Waals surface area contributed by atoms with Gasteiger partial charge >= 0.3 is 5.97 Å². The molecule has 0 spiro atoms. The first-order valence-electron chi connectivity index (χ1n) is 9.78. The van der Waals surface area contributed by atoms with Crippen molar-refractivity contribution in [2.45, 2.75) is 26.3 Å². The van der Waals surface area contributed by atoms with Gasteiger partial charge in [-0.25, -0.2) is 9.79 Å². The highest BCUT2D eigenvalue weighted by Crippen LogP contribution is 2.31. The first kappa shape index (κ1) is 20.0. The van der Waals surface area contributed by atoms with Gasteiger partial charge in [0.2, 0.25) is 0 Å². The van der Waals surface area contributed by atoms with E-state index in [0.717, 1.165) is 16.7 Å². The van der Waals surface area contributed by atoms with Gasteiger partial charge in [0.1, 0.15) is 0 Å². The molecule has 30 heavy (non-hydrogen) atoms. The number of esters is 1. The Balaban J connectivity index is 2.01. The summed E-state index contributed by atoms with van der Waals surface area (Å²) in [5.41, 5.74) is 3.84. The molecule has 152 valence electrons. The third kappa shape index (κ3) is 3.55. The fourth-order valence-corrected chi connectivity index (χ4v) is 4.75. The van der Waals surface area contributed by atoms with Crippen LogP contribution in [-0.4, -0.2) is 17.6 Å². The van der Waals surface area contributed by atoms with E-state index in [1.54, 1.807) is 4.57 Å². The average molecular weight is 419 g/mol. The normalized spacial score (nSPS) is 16.2. The number of ether oxygens (including phenoxy) is 1. The number of aryl methyl sites for hydroxylation is 1. The molecule has 0 unspecified atom stereocenters. The maximum atomic E-state index is 13.4. The predicted octanol–water partition coefficient (Wildman–Crippen LogP) is 3.11. The minimum absolute atomic E-state index is 0.161. The number of hydrogen-bond acceptors (Lipinski definition) is 5. The summed E-state index contributed by atoms with van der Waals surface area (Å²) in [5, 5.41) is 0. The highest BCUT2D eigenvalue weighted by Gasteiger charge is 2.33. The summed E-state index contributed by atoms with van der Waals surface area (Å²) in [6.07, 6.45) is 2.45. The number of benzene rings is 2. The molecule has 4 rings (SSSR count). The lowest BCUT2D eigenvalue weighted by Crippen LogP contribution is -2.40. The number of methoxy groups -OCH3 is 1. The van der Waals surface area contributed by atoms with Crippen molar-refractivity contribution in [3.63, 3.8) is 0 Å². The number of rotatable bonds is 4. The minimum Gasteiger partial charge on any atom is -0.466 e. The summed E-state index contributed by atoms with van der Waals surface area (Å²) in [4.78, 5) is 31.4. The van der Waals surface area contributed by atoms with Gasteiger partial charge in [-0.2, -0.15) is 0 Å². The molecule has 1 aliphatic rings. The van der Waals surface area contributed by atoms with Crippen molar-refractivity contribution >= 4 is 23.4 Å². The molecule has 6 heteroatoms. The van der Waals surface area contributed by atoms with E-state index >= 15 is 0 Å². The van der Waals surface area contributed by atoms with Crippen LogP contribution in [0.1, 0.15) is 36.1 Å². The lowest BCUT2D eigenvalue weighted by molar-refractivity contribution is -0.136. The number of hydrogen-bond donors (Lipinski definition) is 0. The molecule has 0 saturated carbocycles. The zero-order chi connectivity index (χ0) is 21.3. The summed E-state index contributed by atoms with van der Waals surface area (Å²) in [6, 6.07) is 17.0. The standard InChI is InChI=1S/C24H22N2O3S/c1-4-18-20(23(28)29-3)21(17-11-6-5-7-12-17)26-22(27)19(30-24(26)25-18)14-16-10-8-9-15(2)13-16/h5-14,21H,4H2,1-3H3/b19-14-/t21-/m0/s1. The molecule has 0 amide bonds. The van der Waals surface area contributed by atoms with Gasteiger partial charge in [0.05, 0.1) is 29.0 Å². The van der Waals surface area contributed by atoms with Crippen LogP contribution in [0.5, 0.6) is 0 Å². The maximum Gasteiger partial charge on any atom is 0.338 e. The van der Waals surface area contributed by atoms with Crippen LogP contribution in [0.4, 0.5) is 0 Å². The molecule has 0 N–H and O–H groups in total. The molecule has 3 aromatic rings. The van der Waals surface area contributed by atoms with E-state index in [-0.39, 0.29) is 5.56 Å². The van der Waals surface area contributed by atoms with Crippen molar-refractivity contribution in [1.82, 2.24) is 4.57 Å². The Morgan fingerprint density at radius 2 is 1.97 bits per heavy atom. The molecule has 1 atom stereocenters. The molecule has 0 aliphatic carbocycles. The smallest absolute Gasteiger partial charge is 0.338 e. The number of allylic oxidation sites excluding steroid dienone is 1. The molecular formula is C24H22N2O3S. The quantitative estimate of drug-likeness (QED) is 0.612. The molecule has 2 aromatic carbocycles. The van der Waals surface area contributed by atoms with E-state index < -0.39 is 12.0 Å². The third-order valence-corrected chi connectivity index (χ3v) is 6.09. The second-order valence-corrected chi connectivity index (χ2v) is 8.12. The Kier molecular flexibility index (Phi) is 5.50. The van der Waals surface area contributed by atoms with Crippen LogP contribution in [0.3, 0.4) is 0 Å². The second-order valence-electron chi connectivity index (χ2n) is 7.11. The topological polar surface area (TPSA) is 60.7 Å².